The number of carboxylic acids is 2. The van der Waals surface area contributed by atoms with E-state index in [0.29, 0.717) is 43.7 Å². The van der Waals surface area contributed by atoms with E-state index in [1.165, 1.54) is 16.7 Å². The minimum atomic E-state index is -1.42. The first-order valence-electron chi connectivity index (χ1n) is 13.5. The van der Waals surface area contributed by atoms with Crippen molar-refractivity contribution in [1.29, 1.82) is 0 Å². The van der Waals surface area contributed by atoms with Crippen molar-refractivity contribution in [3.8, 4) is 0 Å². The molecular formula is C25H41N5O8S2. The largest absolute Gasteiger partial charge is 0.481 e. The Morgan fingerprint density at radius 1 is 0.850 bits per heavy atom. The Hall–Kier alpha value is -2.52. The second kappa shape index (κ2) is 17.3. The molecule has 0 aromatic rings. The Morgan fingerprint density at radius 2 is 1.50 bits per heavy atom. The maximum atomic E-state index is 13.6. The number of amides is 4. The van der Waals surface area contributed by atoms with Gasteiger partial charge in [0.1, 0.15) is 24.2 Å². The van der Waals surface area contributed by atoms with Crippen molar-refractivity contribution in [3.05, 3.63) is 0 Å². The number of hydrogen-bond donors (Lipinski definition) is 6. The van der Waals surface area contributed by atoms with E-state index in [1.54, 1.807) is 11.8 Å². The lowest BCUT2D eigenvalue weighted by molar-refractivity contribution is -0.144. The third kappa shape index (κ3) is 10.5. The number of carboxylic acid groups (broad SMARTS) is 2. The summed E-state index contributed by atoms with van der Waals surface area (Å²) in [6, 6.07) is -4.45. The van der Waals surface area contributed by atoms with Crippen LogP contribution < -0.4 is 21.3 Å². The molecule has 2 aliphatic heterocycles. The molecule has 0 unspecified atom stereocenters. The summed E-state index contributed by atoms with van der Waals surface area (Å²) >= 11 is 2.99. The maximum absolute atomic E-state index is 13.6. The van der Waals surface area contributed by atoms with Crippen molar-refractivity contribution < 1.29 is 39.0 Å². The summed E-state index contributed by atoms with van der Waals surface area (Å²) in [5.41, 5.74) is 0. The zero-order chi connectivity index (χ0) is 29.7. The van der Waals surface area contributed by atoms with Crippen LogP contribution in [-0.4, -0.2) is 118 Å². The van der Waals surface area contributed by atoms with Gasteiger partial charge in [0.05, 0.1) is 6.04 Å². The molecule has 2 fully saturated rings. The number of carbonyl (C=O) groups is 6. The van der Waals surface area contributed by atoms with Crippen LogP contribution in [0.1, 0.15) is 51.4 Å². The van der Waals surface area contributed by atoms with Crippen LogP contribution in [0.15, 0.2) is 0 Å². The number of thioether (sulfide) groups is 2. The SMILES string of the molecule is CSCC[C@H](NC(=O)[C@@H]1CCCN1C(=O)[C@H](CCSC)NC(=O)[C@@H]1CCCN1)C(=O)N[C@@H](CCC(=O)O)C(=O)O. The molecule has 4 amide bonds. The third-order valence-corrected chi connectivity index (χ3v) is 8.23. The summed E-state index contributed by atoms with van der Waals surface area (Å²) in [5.74, 6) is -3.26. The molecule has 2 saturated heterocycles. The molecule has 0 radical (unpaired) electrons. The molecule has 0 aliphatic carbocycles. The first kappa shape index (κ1) is 33.7. The van der Waals surface area contributed by atoms with Crippen LogP contribution in [0.2, 0.25) is 0 Å². The van der Waals surface area contributed by atoms with Crippen LogP contribution in [0, 0.1) is 0 Å². The predicted molar refractivity (Wildman–Crippen MR) is 152 cm³/mol. The molecule has 2 heterocycles. The minimum absolute atomic E-state index is 0.214. The lowest BCUT2D eigenvalue weighted by atomic mass is 10.1. The lowest BCUT2D eigenvalue weighted by Crippen LogP contribution is -2.58. The van der Waals surface area contributed by atoms with Gasteiger partial charge in [0.15, 0.2) is 0 Å². The van der Waals surface area contributed by atoms with Crippen molar-refractivity contribution >= 4 is 59.1 Å². The van der Waals surface area contributed by atoms with Gasteiger partial charge < -0.3 is 36.4 Å². The Labute approximate surface area is 242 Å². The molecule has 2 aliphatic rings. The quantitative estimate of drug-likeness (QED) is 0.127. The van der Waals surface area contributed by atoms with Crippen LogP contribution in [0.4, 0.5) is 0 Å². The number of rotatable bonds is 17. The van der Waals surface area contributed by atoms with Gasteiger partial charge in [0.25, 0.3) is 0 Å². The van der Waals surface area contributed by atoms with Gasteiger partial charge in [0, 0.05) is 13.0 Å². The molecule has 15 heteroatoms. The molecule has 13 nitrogen and oxygen atoms in total. The lowest BCUT2D eigenvalue weighted by Gasteiger charge is -2.30. The highest BCUT2D eigenvalue weighted by Gasteiger charge is 2.39. The van der Waals surface area contributed by atoms with E-state index in [-0.39, 0.29) is 30.7 Å². The Morgan fingerprint density at radius 3 is 2.08 bits per heavy atom. The molecule has 0 aromatic carbocycles. The molecule has 6 N–H and O–H groups in total. The summed E-state index contributed by atoms with van der Waals surface area (Å²) in [6.07, 6.45) is 6.16. The fraction of sp³-hybridized carbons (Fsp3) is 0.760. The number of carbonyl (C=O) groups excluding carboxylic acids is 4. The zero-order valence-electron chi connectivity index (χ0n) is 23.0. The Balaban J connectivity index is 2.11. The predicted octanol–water partition coefficient (Wildman–Crippen LogP) is -0.361. The van der Waals surface area contributed by atoms with Gasteiger partial charge in [-0.15, -0.1) is 0 Å². The number of aliphatic carboxylic acids is 2. The fourth-order valence-electron chi connectivity index (χ4n) is 4.75. The van der Waals surface area contributed by atoms with Crippen LogP contribution >= 0.6 is 23.5 Å². The van der Waals surface area contributed by atoms with Gasteiger partial charge in [-0.2, -0.15) is 23.5 Å². The van der Waals surface area contributed by atoms with Crippen LogP contribution in [0.25, 0.3) is 0 Å². The van der Waals surface area contributed by atoms with Gasteiger partial charge in [-0.3, -0.25) is 24.0 Å². The minimum Gasteiger partial charge on any atom is -0.481 e. The van der Waals surface area contributed by atoms with Crippen molar-refractivity contribution in [3.63, 3.8) is 0 Å². The van der Waals surface area contributed by atoms with Crippen LogP contribution in [-0.2, 0) is 28.8 Å². The average Bonchev–Trinajstić information content (AvgIpc) is 3.63. The van der Waals surface area contributed by atoms with Gasteiger partial charge in [0.2, 0.25) is 23.6 Å². The van der Waals surface area contributed by atoms with Gasteiger partial charge in [-0.05, 0) is 75.5 Å². The summed E-state index contributed by atoms with van der Waals surface area (Å²) in [7, 11) is 0. The molecule has 2 rings (SSSR count). The molecule has 5 atom stereocenters. The van der Waals surface area contributed by atoms with Crippen molar-refractivity contribution in [2.24, 2.45) is 0 Å². The molecule has 226 valence electrons. The maximum Gasteiger partial charge on any atom is 0.326 e. The molecule has 0 saturated carbocycles. The number of hydrogen-bond acceptors (Lipinski definition) is 9. The monoisotopic (exact) mass is 603 g/mol. The summed E-state index contributed by atoms with van der Waals surface area (Å²) in [4.78, 5) is 76.5. The van der Waals surface area contributed by atoms with Crippen molar-refractivity contribution in [1.82, 2.24) is 26.2 Å². The van der Waals surface area contributed by atoms with Gasteiger partial charge in [-0.25, -0.2) is 4.79 Å². The van der Waals surface area contributed by atoms with E-state index >= 15 is 0 Å². The first-order chi connectivity index (χ1) is 19.1. The fourth-order valence-corrected chi connectivity index (χ4v) is 5.69. The van der Waals surface area contributed by atoms with Crippen molar-refractivity contribution in [2.75, 3.05) is 37.1 Å². The molecular weight excluding hydrogens is 562 g/mol. The molecule has 0 aromatic heterocycles. The van der Waals surface area contributed by atoms with Crippen molar-refractivity contribution in [2.45, 2.75) is 81.6 Å². The van der Waals surface area contributed by atoms with E-state index in [4.69, 9.17) is 5.11 Å². The molecule has 40 heavy (non-hydrogen) atoms. The van der Waals surface area contributed by atoms with Crippen LogP contribution in [0.5, 0.6) is 0 Å². The number of nitrogens with one attached hydrogen (secondary N) is 4. The van der Waals surface area contributed by atoms with Gasteiger partial charge in [-0.1, -0.05) is 0 Å². The average molecular weight is 604 g/mol. The molecule has 0 bridgehead atoms. The highest BCUT2D eigenvalue weighted by Crippen LogP contribution is 2.21. The van der Waals surface area contributed by atoms with Gasteiger partial charge >= 0.3 is 11.9 Å². The van der Waals surface area contributed by atoms with E-state index in [9.17, 15) is 33.9 Å². The Kier molecular flexibility index (Phi) is 14.6. The van der Waals surface area contributed by atoms with E-state index < -0.39 is 54.3 Å². The summed E-state index contributed by atoms with van der Waals surface area (Å²) < 4.78 is 0. The summed E-state index contributed by atoms with van der Waals surface area (Å²) in [6.45, 7) is 1.08. The van der Waals surface area contributed by atoms with E-state index in [0.717, 1.165) is 13.0 Å². The smallest absolute Gasteiger partial charge is 0.326 e. The number of nitrogens with zero attached hydrogens (tertiary/aromatic N) is 1. The Bertz CT molecular complexity index is 918. The number of likely N-dealkylation sites (tertiary alicyclic amines) is 1. The standard InChI is InChI=1S/C25H41N5O8S2/c1-39-13-9-16(22(34)29-18(25(37)38)7-8-20(31)32)27-23(35)19-6-4-12-30(19)24(36)17(10-14-40-2)28-21(33)15-5-3-11-26-15/h15-19,26H,3-14H2,1-2H3,(H,27,35)(H,28,33)(H,29,34)(H,31,32)(H,37,38)/t15-,16-,17-,18-,19-/m0/s1. The highest BCUT2D eigenvalue weighted by atomic mass is 32.2. The molecule has 0 spiro atoms. The van der Waals surface area contributed by atoms with E-state index in [2.05, 4.69) is 21.3 Å². The zero-order valence-corrected chi connectivity index (χ0v) is 24.6. The van der Waals surface area contributed by atoms with Crippen LogP contribution in [0.3, 0.4) is 0 Å². The summed E-state index contributed by atoms with van der Waals surface area (Å²) in [5, 5.41) is 29.3. The second-order valence-electron chi connectivity index (χ2n) is 9.86. The second-order valence-corrected chi connectivity index (χ2v) is 11.8. The highest BCUT2D eigenvalue weighted by molar-refractivity contribution is 7.98. The topological polar surface area (TPSA) is 194 Å². The normalized spacial score (nSPS) is 20.8. The van der Waals surface area contributed by atoms with E-state index in [1.807, 2.05) is 12.5 Å². The first-order valence-corrected chi connectivity index (χ1v) is 16.2. The third-order valence-electron chi connectivity index (χ3n) is 6.95.